The molecule has 0 aromatic heterocycles. The number of hydrogen-bond donors (Lipinski definition) is 2. The van der Waals surface area contributed by atoms with Gasteiger partial charge in [-0.25, -0.2) is 0 Å². The Kier molecular flexibility index (Phi) is 4.61. The molecular formula is C19H32N2O6. The van der Waals surface area contributed by atoms with Crippen LogP contribution in [0.4, 0.5) is 0 Å². The summed E-state index contributed by atoms with van der Waals surface area (Å²) < 4.78 is 30.4. The summed E-state index contributed by atoms with van der Waals surface area (Å²) in [6.07, 6.45) is -0.765. The van der Waals surface area contributed by atoms with Gasteiger partial charge in [-0.05, 0) is 40.0 Å². The molecule has 4 heterocycles. The Morgan fingerprint density at radius 1 is 1.07 bits per heavy atom. The van der Waals surface area contributed by atoms with Gasteiger partial charge in [0.25, 0.3) is 0 Å². The van der Waals surface area contributed by atoms with E-state index in [1.807, 2.05) is 27.7 Å². The summed E-state index contributed by atoms with van der Waals surface area (Å²) in [7, 11) is 0. The van der Waals surface area contributed by atoms with Gasteiger partial charge in [-0.15, -0.1) is 0 Å². The highest BCUT2D eigenvalue weighted by atomic mass is 16.8. The molecule has 6 atom stereocenters. The van der Waals surface area contributed by atoms with Gasteiger partial charge in [0.05, 0.1) is 18.2 Å². The summed E-state index contributed by atoms with van der Waals surface area (Å²) >= 11 is 0. The number of ether oxygens (including phenoxy) is 5. The Bertz CT molecular complexity index is 609. The van der Waals surface area contributed by atoms with E-state index in [9.17, 15) is 4.79 Å². The van der Waals surface area contributed by atoms with Gasteiger partial charge in [0.1, 0.15) is 18.3 Å². The minimum absolute atomic E-state index is 0.0126. The first kappa shape index (κ1) is 19.5. The number of nitrogens with one attached hydrogen (secondary N) is 2. The molecule has 154 valence electrons. The van der Waals surface area contributed by atoms with Crippen LogP contribution in [0, 0.1) is 5.92 Å². The number of hydrogen-bond acceptors (Lipinski definition) is 7. The smallest absolute Gasteiger partial charge is 0.237 e. The zero-order chi connectivity index (χ0) is 19.6. The quantitative estimate of drug-likeness (QED) is 0.747. The van der Waals surface area contributed by atoms with Crippen molar-refractivity contribution in [2.45, 2.75) is 95.7 Å². The van der Waals surface area contributed by atoms with Crippen LogP contribution in [-0.2, 0) is 28.5 Å². The first-order chi connectivity index (χ1) is 12.5. The Morgan fingerprint density at radius 2 is 1.81 bits per heavy atom. The summed E-state index contributed by atoms with van der Waals surface area (Å²) in [4.78, 5) is 12.5. The number of carbonyl (C=O) groups excluding carboxylic acids is 1. The van der Waals surface area contributed by atoms with Crippen molar-refractivity contribution in [3.8, 4) is 0 Å². The molecule has 1 spiro atoms. The molecule has 0 aliphatic carbocycles. The average molecular weight is 384 g/mol. The summed E-state index contributed by atoms with van der Waals surface area (Å²) in [6, 6.07) is -0.314. The Morgan fingerprint density at radius 3 is 2.44 bits per heavy atom. The number of fused-ring (bicyclic) bond motifs is 2. The van der Waals surface area contributed by atoms with E-state index in [1.54, 1.807) is 0 Å². The van der Waals surface area contributed by atoms with Gasteiger partial charge in [-0.3, -0.25) is 10.1 Å². The zero-order valence-corrected chi connectivity index (χ0v) is 17.0. The first-order valence-electron chi connectivity index (χ1n) is 9.90. The summed E-state index contributed by atoms with van der Waals surface area (Å²) in [5, 5.41) is 6.67. The maximum atomic E-state index is 12.5. The van der Waals surface area contributed by atoms with E-state index in [4.69, 9.17) is 23.7 Å². The van der Waals surface area contributed by atoms with Gasteiger partial charge in [0.15, 0.2) is 17.9 Å². The normalized spacial score (nSPS) is 45.4. The minimum atomic E-state index is -0.740. The number of rotatable bonds is 3. The number of carbonyl (C=O) groups is 1. The molecule has 4 aliphatic heterocycles. The molecule has 4 saturated heterocycles. The summed E-state index contributed by atoms with van der Waals surface area (Å²) in [5.41, 5.74) is -0.639. The third kappa shape index (κ3) is 3.41. The van der Waals surface area contributed by atoms with Crippen molar-refractivity contribution < 1.29 is 28.5 Å². The van der Waals surface area contributed by atoms with Crippen LogP contribution in [0.1, 0.15) is 48.0 Å². The van der Waals surface area contributed by atoms with Crippen LogP contribution in [0.2, 0.25) is 0 Å². The summed E-state index contributed by atoms with van der Waals surface area (Å²) in [5.74, 6) is -1.01. The summed E-state index contributed by atoms with van der Waals surface area (Å²) in [6.45, 7) is 12.6. The van der Waals surface area contributed by atoms with Gasteiger partial charge in [-0.2, -0.15) is 0 Å². The molecule has 0 radical (unpaired) electrons. The molecule has 4 fully saturated rings. The molecule has 4 rings (SSSR count). The Balaban J connectivity index is 1.65. The Hall–Kier alpha value is -0.770. The molecular weight excluding hydrogens is 352 g/mol. The average Bonchev–Trinajstić information content (AvgIpc) is 3.13. The van der Waals surface area contributed by atoms with Crippen molar-refractivity contribution in [2.75, 3.05) is 13.2 Å². The molecule has 0 aromatic rings. The predicted molar refractivity (Wildman–Crippen MR) is 95.7 cm³/mol. The molecule has 2 N–H and O–H groups in total. The van der Waals surface area contributed by atoms with Crippen molar-refractivity contribution in [3.63, 3.8) is 0 Å². The van der Waals surface area contributed by atoms with Crippen LogP contribution in [-0.4, -0.2) is 66.8 Å². The fraction of sp³-hybridized carbons (Fsp3) is 0.947. The minimum Gasteiger partial charge on any atom is -0.353 e. The molecule has 1 amide bonds. The predicted octanol–water partition coefficient (Wildman–Crippen LogP) is 0.887. The maximum Gasteiger partial charge on any atom is 0.237 e. The van der Waals surface area contributed by atoms with E-state index in [0.29, 0.717) is 19.1 Å². The number of amides is 1. The monoisotopic (exact) mass is 384 g/mol. The molecule has 8 heteroatoms. The maximum absolute atomic E-state index is 12.5. The largest absolute Gasteiger partial charge is 0.353 e. The highest BCUT2D eigenvalue weighted by molar-refractivity contribution is 5.83. The van der Waals surface area contributed by atoms with Crippen LogP contribution in [0.5, 0.6) is 0 Å². The van der Waals surface area contributed by atoms with E-state index in [2.05, 4.69) is 24.5 Å². The zero-order valence-electron chi connectivity index (χ0n) is 17.0. The van der Waals surface area contributed by atoms with E-state index in [1.165, 1.54) is 0 Å². The molecule has 0 unspecified atom stereocenters. The molecule has 8 nitrogen and oxygen atoms in total. The van der Waals surface area contributed by atoms with E-state index < -0.39 is 23.4 Å². The SMILES string of the molecule is CC(C)C[C@@H]1N[C@]2(CNC1=O)[C@@H]([C@H]1COC(C)(C)O1)O[C@@H]1OC(C)(C)O[C@@H]12. The number of piperazine rings is 1. The van der Waals surface area contributed by atoms with Crippen LogP contribution in [0.3, 0.4) is 0 Å². The van der Waals surface area contributed by atoms with Gasteiger partial charge < -0.3 is 29.0 Å². The molecule has 0 saturated carbocycles. The third-order valence-electron chi connectivity index (χ3n) is 5.74. The van der Waals surface area contributed by atoms with Gasteiger partial charge in [-0.1, -0.05) is 13.8 Å². The van der Waals surface area contributed by atoms with Crippen molar-refractivity contribution in [1.29, 1.82) is 0 Å². The lowest BCUT2D eigenvalue weighted by Gasteiger charge is -2.46. The molecule has 27 heavy (non-hydrogen) atoms. The fourth-order valence-electron chi connectivity index (χ4n) is 4.69. The van der Waals surface area contributed by atoms with Crippen molar-refractivity contribution >= 4 is 5.91 Å². The van der Waals surface area contributed by atoms with Gasteiger partial charge in [0, 0.05) is 6.54 Å². The third-order valence-corrected chi connectivity index (χ3v) is 5.74. The lowest BCUT2D eigenvalue weighted by atomic mass is 9.81. The first-order valence-corrected chi connectivity index (χ1v) is 9.90. The standard InChI is InChI=1S/C19H32N2O6/c1-10(2)7-11-15(22)20-9-19(21-11)13(12-8-23-17(3,4)25-12)24-16-14(19)26-18(5,6)27-16/h10-14,16,21H,7-9H2,1-6H3,(H,20,22)/t11-,12+,13+,14-,16+,19+/m0/s1. The fourth-order valence-corrected chi connectivity index (χ4v) is 4.69. The highest BCUT2D eigenvalue weighted by Gasteiger charge is 2.68. The molecule has 0 aromatic carbocycles. The second kappa shape index (κ2) is 6.37. The lowest BCUT2D eigenvalue weighted by Crippen LogP contribution is -2.75. The van der Waals surface area contributed by atoms with Crippen molar-refractivity contribution in [2.24, 2.45) is 5.92 Å². The second-order valence-electron chi connectivity index (χ2n) is 9.43. The Labute approximate surface area is 160 Å². The van der Waals surface area contributed by atoms with Crippen LogP contribution in [0.15, 0.2) is 0 Å². The van der Waals surface area contributed by atoms with Gasteiger partial charge >= 0.3 is 0 Å². The highest BCUT2D eigenvalue weighted by Crippen LogP contribution is 2.46. The van der Waals surface area contributed by atoms with Crippen molar-refractivity contribution in [3.05, 3.63) is 0 Å². The van der Waals surface area contributed by atoms with Crippen molar-refractivity contribution in [1.82, 2.24) is 10.6 Å². The van der Waals surface area contributed by atoms with E-state index in [0.717, 1.165) is 6.42 Å². The second-order valence-corrected chi connectivity index (χ2v) is 9.43. The van der Waals surface area contributed by atoms with E-state index in [-0.39, 0.29) is 30.3 Å². The molecule has 4 aliphatic rings. The van der Waals surface area contributed by atoms with Gasteiger partial charge in [0.2, 0.25) is 5.91 Å². The van der Waals surface area contributed by atoms with Crippen LogP contribution < -0.4 is 10.6 Å². The van der Waals surface area contributed by atoms with E-state index >= 15 is 0 Å². The van der Waals surface area contributed by atoms with Crippen LogP contribution in [0.25, 0.3) is 0 Å². The molecule has 0 bridgehead atoms. The van der Waals surface area contributed by atoms with Crippen LogP contribution >= 0.6 is 0 Å². The lowest BCUT2D eigenvalue weighted by molar-refractivity contribution is -0.232. The topological polar surface area (TPSA) is 87.3 Å².